The molecule has 2 aliphatic heterocycles. The molecule has 0 aliphatic carbocycles. The van der Waals surface area contributed by atoms with Gasteiger partial charge in [-0.15, -0.1) is 5.10 Å². The number of nitrogens with zero attached hydrogens (tertiary/aromatic N) is 5. The fraction of sp³-hybridized carbons (Fsp3) is 0.273. The molecule has 0 saturated heterocycles. The summed E-state index contributed by atoms with van der Waals surface area (Å²) in [6.45, 7) is 7.47. The highest BCUT2D eigenvalue weighted by molar-refractivity contribution is 5.98. The average Bonchev–Trinajstić information content (AvgIpc) is 3.59. The number of fused-ring (bicyclic) bond motifs is 8. The van der Waals surface area contributed by atoms with Crippen molar-refractivity contribution < 1.29 is 14.3 Å². The molecule has 4 heterocycles. The van der Waals surface area contributed by atoms with Crippen molar-refractivity contribution in [3.8, 4) is 5.75 Å². The van der Waals surface area contributed by atoms with E-state index >= 15 is 0 Å². The monoisotopic (exact) mass is 562 g/mol. The highest BCUT2D eigenvalue weighted by atomic mass is 16.5. The van der Waals surface area contributed by atoms with Crippen molar-refractivity contribution in [1.82, 2.24) is 24.5 Å². The van der Waals surface area contributed by atoms with Crippen molar-refractivity contribution in [1.29, 1.82) is 0 Å². The number of aromatic nitrogens is 4. The molecule has 42 heavy (non-hydrogen) atoms. The van der Waals surface area contributed by atoms with Crippen molar-refractivity contribution in [3.63, 3.8) is 0 Å². The molecule has 0 radical (unpaired) electrons. The molecule has 2 aliphatic rings. The first-order chi connectivity index (χ1) is 20.4. The van der Waals surface area contributed by atoms with Crippen molar-refractivity contribution in [2.75, 3.05) is 11.9 Å². The fourth-order valence-electron chi connectivity index (χ4n) is 5.72. The van der Waals surface area contributed by atoms with Gasteiger partial charge in [-0.25, -0.2) is 0 Å². The normalized spacial score (nSPS) is 15.6. The summed E-state index contributed by atoms with van der Waals surface area (Å²) in [5.41, 5.74) is 6.36. The average molecular weight is 563 g/mol. The zero-order chi connectivity index (χ0) is 29.2. The zero-order valence-corrected chi connectivity index (χ0v) is 24.1. The first-order valence-electron chi connectivity index (χ1n) is 14.2. The number of hydrogen-bond donors (Lipinski definition) is 1. The Bertz CT molecular complexity index is 1730. The predicted molar refractivity (Wildman–Crippen MR) is 161 cm³/mol. The highest BCUT2D eigenvalue weighted by Crippen LogP contribution is 2.29. The predicted octanol–water partition coefficient (Wildman–Crippen LogP) is 5.21. The van der Waals surface area contributed by atoms with Gasteiger partial charge in [-0.1, -0.05) is 53.7 Å². The maximum Gasteiger partial charge on any atom is 0.251 e. The number of carbonyl (C=O) groups excluding carboxylic acids is 2. The summed E-state index contributed by atoms with van der Waals surface area (Å²) in [7, 11) is 0. The number of rotatable bonds is 2. The van der Waals surface area contributed by atoms with E-state index in [1.165, 1.54) is 6.92 Å². The molecular formula is C33H34N6O3. The number of nitrogens with one attached hydrogen (secondary N) is 1. The summed E-state index contributed by atoms with van der Waals surface area (Å²) < 4.78 is 10.0. The molecule has 9 nitrogen and oxygen atoms in total. The van der Waals surface area contributed by atoms with E-state index in [-0.39, 0.29) is 18.4 Å². The van der Waals surface area contributed by atoms with Crippen molar-refractivity contribution >= 4 is 28.4 Å². The Morgan fingerprint density at radius 3 is 2.43 bits per heavy atom. The van der Waals surface area contributed by atoms with Gasteiger partial charge in [-0.05, 0) is 60.7 Å². The van der Waals surface area contributed by atoms with Crippen molar-refractivity contribution in [2.24, 2.45) is 0 Å². The van der Waals surface area contributed by atoms with Gasteiger partial charge in [0.15, 0.2) is 0 Å². The number of aryl methyl sites for hydroxylation is 4. The number of carbonyl (C=O) groups is 2. The van der Waals surface area contributed by atoms with E-state index in [1.54, 1.807) is 4.90 Å². The molecule has 1 atom stereocenters. The van der Waals surface area contributed by atoms with E-state index in [2.05, 4.69) is 38.5 Å². The molecule has 2 amide bonds. The standard InChI is InChI=1S/C33H34N6O3/c1-22-7-6-8-23(2)31(22)34-33(41)32-25-11-13-28(14-12-25)42-21-27-20-38(36-35-27)18-17-37-19-26(15-16-39(32)24(3)40)29-9-4-5-10-30(29)37/h4-14,19-20,32H,15-18,21H2,1-3H3,(H,34,41)/t32-/m1/s1. The molecule has 5 aromatic rings. The maximum absolute atomic E-state index is 14.1. The summed E-state index contributed by atoms with van der Waals surface area (Å²) >= 11 is 0. The molecule has 0 unspecified atom stereocenters. The van der Waals surface area contributed by atoms with Crippen molar-refractivity contribution in [2.45, 2.75) is 52.9 Å². The second kappa shape index (κ2) is 11.5. The summed E-state index contributed by atoms with van der Waals surface area (Å²) in [6, 6.07) is 20.7. The van der Waals surface area contributed by atoms with E-state index in [9.17, 15) is 9.59 Å². The lowest BCUT2D eigenvalue weighted by atomic mass is 10.0. The van der Waals surface area contributed by atoms with E-state index < -0.39 is 6.04 Å². The molecule has 7 rings (SSSR count). The topological polar surface area (TPSA) is 94.3 Å². The Balaban J connectivity index is 1.41. The van der Waals surface area contributed by atoms with Gasteiger partial charge in [0.05, 0.1) is 12.7 Å². The SMILES string of the molecule is CC(=O)N1CCc2cn(c3ccccc23)CCn2cc(nn2)COc2ccc(cc2)[C@@H]1C(=O)Nc1c(C)cccc1C. The molecular weight excluding hydrogens is 528 g/mol. The van der Waals surface area contributed by atoms with Crippen LogP contribution in [0, 0.1) is 13.8 Å². The lowest BCUT2D eigenvalue weighted by Gasteiger charge is -2.31. The Hall–Kier alpha value is -4.92. The van der Waals surface area contributed by atoms with E-state index in [0.29, 0.717) is 37.4 Å². The third kappa shape index (κ3) is 5.50. The Kier molecular flexibility index (Phi) is 7.48. The zero-order valence-electron chi connectivity index (χ0n) is 24.1. The summed E-state index contributed by atoms with van der Waals surface area (Å²) in [6.07, 6.45) is 4.64. The first-order valence-corrected chi connectivity index (χ1v) is 14.2. The van der Waals surface area contributed by atoms with Crippen LogP contribution >= 0.6 is 0 Å². The molecule has 0 spiro atoms. The summed E-state index contributed by atoms with van der Waals surface area (Å²) in [5.74, 6) is 0.210. The molecule has 2 aromatic heterocycles. The third-order valence-corrected chi connectivity index (χ3v) is 7.93. The lowest BCUT2D eigenvalue weighted by molar-refractivity contribution is -0.137. The largest absolute Gasteiger partial charge is 0.487 e. The van der Waals surface area contributed by atoms with E-state index in [4.69, 9.17) is 4.74 Å². The Labute approximate surface area is 244 Å². The Morgan fingerprint density at radius 2 is 1.67 bits per heavy atom. The second-order valence-corrected chi connectivity index (χ2v) is 10.8. The Morgan fingerprint density at radius 1 is 0.905 bits per heavy atom. The third-order valence-electron chi connectivity index (χ3n) is 7.93. The van der Waals surface area contributed by atoms with Crippen LogP contribution in [0.3, 0.4) is 0 Å². The van der Waals surface area contributed by atoms with Gasteiger partial charge in [0, 0.05) is 42.8 Å². The van der Waals surface area contributed by atoms with Crippen LogP contribution in [-0.4, -0.2) is 42.8 Å². The van der Waals surface area contributed by atoms with Crippen LogP contribution in [0.25, 0.3) is 10.9 Å². The van der Waals surface area contributed by atoms with E-state index in [0.717, 1.165) is 39.0 Å². The minimum atomic E-state index is -0.831. The smallest absolute Gasteiger partial charge is 0.251 e. The van der Waals surface area contributed by atoms with Crippen LogP contribution < -0.4 is 10.1 Å². The first kappa shape index (κ1) is 27.3. The second-order valence-electron chi connectivity index (χ2n) is 10.8. The quantitative estimate of drug-likeness (QED) is 0.319. The molecule has 1 N–H and O–H groups in total. The maximum atomic E-state index is 14.1. The highest BCUT2D eigenvalue weighted by Gasteiger charge is 2.30. The summed E-state index contributed by atoms with van der Waals surface area (Å²) in [5, 5.41) is 12.8. The van der Waals surface area contributed by atoms with Gasteiger partial charge in [0.1, 0.15) is 24.1 Å². The van der Waals surface area contributed by atoms with Crippen molar-refractivity contribution in [3.05, 3.63) is 107 Å². The number of amides is 2. The van der Waals surface area contributed by atoms with Gasteiger partial charge in [0.2, 0.25) is 5.91 Å². The minimum Gasteiger partial charge on any atom is -0.487 e. The molecule has 9 heteroatoms. The summed E-state index contributed by atoms with van der Waals surface area (Å²) in [4.78, 5) is 28.9. The van der Waals surface area contributed by atoms with Crippen LogP contribution in [0.4, 0.5) is 5.69 Å². The number of benzene rings is 3. The van der Waals surface area contributed by atoms with Crippen LogP contribution in [-0.2, 0) is 35.7 Å². The number of anilines is 1. The van der Waals surface area contributed by atoms with Gasteiger partial charge in [-0.2, -0.15) is 0 Å². The molecule has 0 fully saturated rings. The molecule has 3 aromatic carbocycles. The number of ether oxygens (including phenoxy) is 1. The number of para-hydroxylation sites is 2. The van der Waals surface area contributed by atoms with Gasteiger partial charge in [0.25, 0.3) is 5.91 Å². The molecule has 0 saturated carbocycles. The van der Waals surface area contributed by atoms with Gasteiger partial charge < -0.3 is 19.5 Å². The van der Waals surface area contributed by atoms with Gasteiger partial charge in [-0.3, -0.25) is 14.3 Å². The van der Waals surface area contributed by atoms with Crippen LogP contribution in [0.15, 0.2) is 79.1 Å². The number of hydrogen-bond acceptors (Lipinski definition) is 5. The lowest BCUT2D eigenvalue weighted by Crippen LogP contribution is -2.41. The minimum absolute atomic E-state index is 0.172. The van der Waals surface area contributed by atoms with Crippen LogP contribution in [0.2, 0.25) is 0 Å². The van der Waals surface area contributed by atoms with E-state index in [1.807, 2.05) is 79.3 Å². The van der Waals surface area contributed by atoms with Gasteiger partial charge >= 0.3 is 0 Å². The van der Waals surface area contributed by atoms with Crippen LogP contribution in [0.5, 0.6) is 5.75 Å². The fourth-order valence-corrected chi connectivity index (χ4v) is 5.72. The molecule has 214 valence electrons. The molecule has 6 bridgehead atoms. The van der Waals surface area contributed by atoms with Crippen LogP contribution in [0.1, 0.15) is 40.9 Å².